The maximum Gasteiger partial charge on any atom is 0.222 e. The topological polar surface area (TPSA) is 20.3 Å². The lowest BCUT2D eigenvalue weighted by Gasteiger charge is -2.10. The van der Waals surface area contributed by atoms with E-state index < -0.39 is 11.6 Å². The van der Waals surface area contributed by atoms with Crippen LogP contribution >= 0.6 is 0 Å². The molecule has 0 aliphatic carbocycles. The van der Waals surface area contributed by atoms with Crippen molar-refractivity contribution in [3.63, 3.8) is 0 Å². The first-order chi connectivity index (χ1) is 7.77. The highest BCUT2D eigenvalue weighted by Gasteiger charge is 2.15. The average Bonchev–Trinajstić information content (AvgIpc) is 2.82. The third-order valence-corrected chi connectivity index (χ3v) is 2.69. The molecule has 0 saturated carbocycles. The Kier molecular flexibility index (Phi) is 3.34. The van der Waals surface area contributed by atoms with Gasteiger partial charge in [0.15, 0.2) is 5.83 Å². The molecule has 0 spiro atoms. The number of hydrogen-bond acceptors (Lipinski definition) is 2. The zero-order chi connectivity index (χ0) is 11.4. The molecule has 1 aliphatic rings. The molecule has 3 heteroatoms. The van der Waals surface area contributed by atoms with Gasteiger partial charge < -0.3 is 4.90 Å². The van der Waals surface area contributed by atoms with Crippen molar-refractivity contribution in [1.29, 1.82) is 0 Å². The molecule has 0 unspecified atom stereocenters. The Morgan fingerprint density at radius 1 is 1.19 bits per heavy atom. The van der Waals surface area contributed by atoms with Crippen molar-refractivity contribution in [2.45, 2.75) is 12.8 Å². The van der Waals surface area contributed by atoms with Gasteiger partial charge in [0.05, 0.1) is 0 Å². The highest BCUT2D eigenvalue weighted by Crippen LogP contribution is 2.14. The third-order valence-electron chi connectivity index (χ3n) is 2.69. The van der Waals surface area contributed by atoms with Gasteiger partial charge in [-0.3, -0.25) is 4.79 Å². The Balaban J connectivity index is 2.09. The van der Waals surface area contributed by atoms with Gasteiger partial charge in [0.2, 0.25) is 5.78 Å². The zero-order valence-corrected chi connectivity index (χ0v) is 9.03. The zero-order valence-electron chi connectivity index (χ0n) is 9.03. The molecular formula is C13H14FNO. The number of benzene rings is 1. The average molecular weight is 219 g/mol. The second-order valence-electron chi connectivity index (χ2n) is 3.92. The monoisotopic (exact) mass is 219 g/mol. The van der Waals surface area contributed by atoms with Crippen LogP contribution in [-0.4, -0.2) is 23.8 Å². The predicted molar refractivity (Wildman–Crippen MR) is 60.8 cm³/mol. The number of halogens is 1. The Labute approximate surface area is 94.4 Å². The Morgan fingerprint density at radius 2 is 1.81 bits per heavy atom. The normalized spacial score (nSPS) is 16.6. The summed E-state index contributed by atoms with van der Waals surface area (Å²) in [4.78, 5) is 13.5. The summed E-state index contributed by atoms with van der Waals surface area (Å²) in [6, 6.07) is 8.52. The molecule has 0 amide bonds. The van der Waals surface area contributed by atoms with E-state index >= 15 is 0 Å². The summed E-state index contributed by atoms with van der Waals surface area (Å²) in [5, 5.41) is 0. The van der Waals surface area contributed by atoms with Crippen molar-refractivity contribution in [3.05, 3.63) is 47.9 Å². The van der Waals surface area contributed by atoms with Crippen LogP contribution in [0.15, 0.2) is 42.4 Å². The smallest absolute Gasteiger partial charge is 0.222 e. The van der Waals surface area contributed by atoms with Crippen LogP contribution in [0.25, 0.3) is 0 Å². The number of nitrogens with zero attached hydrogens (tertiary/aromatic N) is 1. The number of Topliss-reactive ketones (excluding diaryl/α,β-unsaturated/α-hetero) is 1. The Bertz CT molecular complexity index is 394. The number of allylic oxidation sites excluding steroid dienone is 1. The van der Waals surface area contributed by atoms with Crippen LogP contribution < -0.4 is 0 Å². The summed E-state index contributed by atoms with van der Waals surface area (Å²) in [7, 11) is 0. The van der Waals surface area contributed by atoms with E-state index in [0.29, 0.717) is 5.56 Å². The van der Waals surface area contributed by atoms with E-state index in [2.05, 4.69) is 0 Å². The first-order valence-corrected chi connectivity index (χ1v) is 5.48. The summed E-state index contributed by atoms with van der Waals surface area (Å²) in [6.45, 7) is 1.69. The lowest BCUT2D eigenvalue weighted by atomic mass is 10.1. The predicted octanol–water partition coefficient (Wildman–Crippen LogP) is 2.78. The van der Waals surface area contributed by atoms with Gasteiger partial charge in [-0.25, -0.2) is 4.39 Å². The molecule has 2 nitrogen and oxygen atoms in total. The van der Waals surface area contributed by atoms with Crippen molar-refractivity contribution < 1.29 is 9.18 Å². The lowest BCUT2D eigenvalue weighted by molar-refractivity contribution is 0.100. The van der Waals surface area contributed by atoms with Crippen molar-refractivity contribution in [1.82, 2.24) is 4.90 Å². The molecular weight excluding hydrogens is 205 g/mol. The Hall–Kier alpha value is -1.64. The maximum absolute atomic E-state index is 13.6. The molecule has 0 N–H and O–H groups in total. The largest absolute Gasteiger partial charge is 0.375 e. The van der Waals surface area contributed by atoms with Gasteiger partial charge in [-0.2, -0.15) is 0 Å². The van der Waals surface area contributed by atoms with Gasteiger partial charge in [0.25, 0.3) is 0 Å². The molecule has 2 rings (SSSR count). The van der Waals surface area contributed by atoms with Crippen LogP contribution in [0.3, 0.4) is 0 Å². The van der Waals surface area contributed by atoms with Crippen LogP contribution in [-0.2, 0) is 0 Å². The molecule has 1 aromatic rings. The number of carbonyl (C=O) groups is 1. The van der Waals surface area contributed by atoms with Crippen molar-refractivity contribution in [2.24, 2.45) is 0 Å². The van der Waals surface area contributed by atoms with E-state index in [4.69, 9.17) is 0 Å². The Morgan fingerprint density at radius 3 is 2.44 bits per heavy atom. The van der Waals surface area contributed by atoms with E-state index in [1.54, 1.807) is 30.3 Å². The summed E-state index contributed by atoms with van der Waals surface area (Å²) < 4.78 is 13.6. The second-order valence-corrected chi connectivity index (χ2v) is 3.92. The fraction of sp³-hybridized carbons (Fsp3) is 0.308. The van der Waals surface area contributed by atoms with Gasteiger partial charge in [-0.15, -0.1) is 0 Å². The molecule has 1 saturated heterocycles. The molecule has 84 valence electrons. The molecule has 1 aromatic carbocycles. The first-order valence-electron chi connectivity index (χ1n) is 5.48. The molecule has 1 fully saturated rings. The van der Waals surface area contributed by atoms with E-state index in [1.807, 2.05) is 4.90 Å². The van der Waals surface area contributed by atoms with Gasteiger partial charge in [-0.05, 0) is 12.8 Å². The number of rotatable bonds is 3. The minimum Gasteiger partial charge on any atom is -0.375 e. The fourth-order valence-electron chi connectivity index (χ4n) is 1.82. The van der Waals surface area contributed by atoms with E-state index in [9.17, 15) is 9.18 Å². The molecule has 1 aliphatic heterocycles. The standard InChI is InChI=1S/C13H14FNO/c14-12(10-15-8-4-5-9-15)13(16)11-6-2-1-3-7-11/h1-3,6-7,10H,4-5,8-9H2/b12-10-. The van der Waals surface area contributed by atoms with Gasteiger partial charge in [0.1, 0.15) is 0 Å². The van der Waals surface area contributed by atoms with Crippen LogP contribution in [0.2, 0.25) is 0 Å². The van der Waals surface area contributed by atoms with Crippen LogP contribution in [0.1, 0.15) is 23.2 Å². The first kappa shape index (κ1) is 10.9. The lowest BCUT2D eigenvalue weighted by Crippen LogP contribution is -2.13. The quantitative estimate of drug-likeness (QED) is 0.575. The molecule has 0 aromatic heterocycles. The van der Waals surface area contributed by atoms with Gasteiger partial charge in [0, 0.05) is 24.9 Å². The van der Waals surface area contributed by atoms with Crippen LogP contribution in [0, 0.1) is 0 Å². The second kappa shape index (κ2) is 4.92. The van der Waals surface area contributed by atoms with E-state index in [-0.39, 0.29) is 0 Å². The van der Waals surface area contributed by atoms with Crippen molar-refractivity contribution in [3.8, 4) is 0 Å². The highest BCUT2D eigenvalue weighted by atomic mass is 19.1. The van der Waals surface area contributed by atoms with E-state index in [1.165, 1.54) is 6.20 Å². The highest BCUT2D eigenvalue weighted by molar-refractivity contribution is 6.07. The van der Waals surface area contributed by atoms with Gasteiger partial charge in [-0.1, -0.05) is 30.3 Å². The van der Waals surface area contributed by atoms with E-state index in [0.717, 1.165) is 25.9 Å². The number of hydrogen-bond donors (Lipinski definition) is 0. The molecule has 0 atom stereocenters. The SMILES string of the molecule is O=C(/C(F)=C/N1CCCC1)c1ccccc1. The molecule has 0 radical (unpaired) electrons. The van der Waals surface area contributed by atoms with Gasteiger partial charge >= 0.3 is 0 Å². The van der Waals surface area contributed by atoms with Crippen LogP contribution in [0.4, 0.5) is 4.39 Å². The minimum atomic E-state index is -0.673. The number of likely N-dealkylation sites (tertiary alicyclic amines) is 1. The molecule has 1 heterocycles. The summed E-state index contributed by atoms with van der Waals surface area (Å²) in [6.07, 6.45) is 3.48. The summed E-state index contributed by atoms with van der Waals surface area (Å²) >= 11 is 0. The molecule has 16 heavy (non-hydrogen) atoms. The van der Waals surface area contributed by atoms with Crippen LogP contribution in [0.5, 0.6) is 0 Å². The summed E-state index contributed by atoms with van der Waals surface area (Å²) in [5.41, 5.74) is 0.399. The van der Waals surface area contributed by atoms with Crippen molar-refractivity contribution >= 4 is 5.78 Å². The third kappa shape index (κ3) is 2.48. The van der Waals surface area contributed by atoms with Crippen molar-refractivity contribution in [2.75, 3.05) is 13.1 Å². The minimum absolute atomic E-state index is 0.399. The number of carbonyl (C=O) groups excluding carboxylic acids is 1. The fourth-order valence-corrected chi connectivity index (χ4v) is 1.82. The maximum atomic E-state index is 13.6. The summed E-state index contributed by atoms with van der Waals surface area (Å²) in [5.74, 6) is -1.21. The number of ketones is 1. The molecule has 0 bridgehead atoms.